The maximum absolute atomic E-state index is 10.6. The van der Waals surface area contributed by atoms with Crippen molar-refractivity contribution in [3.8, 4) is 0 Å². The van der Waals surface area contributed by atoms with Gasteiger partial charge >= 0.3 is 0 Å². The Hall–Kier alpha value is -1.58. The van der Waals surface area contributed by atoms with Gasteiger partial charge in [-0.05, 0) is 18.6 Å². The van der Waals surface area contributed by atoms with E-state index in [9.17, 15) is 9.59 Å². The summed E-state index contributed by atoms with van der Waals surface area (Å²) in [6.07, 6.45) is 4.11. The van der Waals surface area contributed by atoms with Crippen molar-refractivity contribution in [3.63, 3.8) is 0 Å². The highest BCUT2D eigenvalue weighted by Gasteiger charge is 1.94. The molecule has 0 unspecified atom stereocenters. The summed E-state index contributed by atoms with van der Waals surface area (Å²) < 4.78 is 0. The van der Waals surface area contributed by atoms with Gasteiger partial charge in [0.25, 0.3) is 0 Å². The summed E-state index contributed by atoms with van der Waals surface area (Å²) in [5.41, 5.74) is 0. The number of carbonyl (C=O) groups excluding carboxylic acids is 2. The van der Waals surface area contributed by atoms with E-state index in [1.54, 1.807) is 6.42 Å². The molecule has 1 radical (unpaired) electrons. The van der Waals surface area contributed by atoms with Gasteiger partial charge in [0.15, 0.2) is 0 Å². The fourth-order valence-corrected chi connectivity index (χ4v) is 0.562. The summed E-state index contributed by atoms with van der Waals surface area (Å²) in [5.74, 6) is -0.461. The molecule has 0 rings (SSSR count). The summed E-state index contributed by atoms with van der Waals surface area (Å²) in [4.78, 5) is 21.2. The molecule has 2 N–H and O–H groups in total. The minimum atomic E-state index is -0.230. The summed E-state index contributed by atoms with van der Waals surface area (Å²) in [5, 5.41) is 5.07. The van der Waals surface area contributed by atoms with Gasteiger partial charge in [-0.3, -0.25) is 9.59 Å². The van der Waals surface area contributed by atoms with Crippen LogP contribution in [-0.4, -0.2) is 24.9 Å². The molecule has 2 amide bonds. The molecule has 0 aliphatic rings. The Morgan fingerprint density at radius 3 is 1.69 bits per heavy atom. The third kappa shape index (κ3) is 6.80. The van der Waals surface area contributed by atoms with E-state index in [4.69, 9.17) is 0 Å². The van der Waals surface area contributed by atoms with Crippen LogP contribution in [0.15, 0.2) is 25.3 Å². The second-order valence-corrected chi connectivity index (χ2v) is 2.19. The van der Waals surface area contributed by atoms with E-state index >= 15 is 0 Å². The van der Waals surface area contributed by atoms with Crippen molar-refractivity contribution in [2.24, 2.45) is 0 Å². The second kappa shape index (κ2) is 7.09. The maximum Gasteiger partial charge on any atom is 0.243 e. The lowest BCUT2D eigenvalue weighted by molar-refractivity contribution is -0.116. The zero-order valence-electron chi connectivity index (χ0n) is 7.38. The molecule has 0 saturated heterocycles. The highest BCUT2D eigenvalue weighted by molar-refractivity contribution is 5.87. The Morgan fingerprint density at radius 2 is 1.38 bits per heavy atom. The van der Waals surface area contributed by atoms with E-state index in [1.165, 1.54) is 12.2 Å². The normalized spacial score (nSPS) is 8.62. The van der Waals surface area contributed by atoms with Gasteiger partial charge in [-0.25, -0.2) is 0 Å². The predicted molar refractivity (Wildman–Crippen MR) is 50.7 cm³/mol. The predicted octanol–water partition coefficient (Wildman–Crippen LogP) is -0.205. The van der Waals surface area contributed by atoms with Crippen LogP contribution >= 0.6 is 0 Å². The van der Waals surface area contributed by atoms with Crippen molar-refractivity contribution < 1.29 is 9.59 Å². The molecule has 0 aliphatic carbocycles. The Kier molecular flexibility index (Phi) is 6.23. The Labute approximate surface area is 77.7 Å². The van der Waals surface area contributed by atoms with Crippen molar-refractivity contribution in [3.05, 3.63) is 31.7 Å². The van der Waals surface area contributed by atoms with Crippen LogP contribution in [0.1, 0.15) is 0 Å². The first-order chi connectivity index (χ1) is 6.20. The molecule has 0 bridgehead atoms. The third-order valence-electron chi connectivity index (χ3n) is 1.21. The van der Waals surface area contributed by atoms with Crippen LogP contribution in [0.5, 0.6) is 0 Å². The first kappa shape index (κ1) is 11.4. The number of rotatable bonds is 6. The first-order valence-corrected chi connectivity index (χ1v) is 3.83. The summed E-state index contributed by atoms with van der Waals surface area (Å²) >= 11 is 0. The molecule has 0 spiro atoms. The number of nitrogens with one attached hydrogen (secondary N) is 2. The van der Waals surface area contributed by atoms with E-state index in [-0.39, 0.29) is 11.8 Å². The maximum atomic E-state index is 10.6. The van der Waals surface area contributed by atoms with E-state index < -0.39 is 0 Å². The lowest BCUT2D eigenvalue weighted by atomic mass is 10.4. The standard InChI is InChI=1S/C9H13N2O2/c1-3-8(12)10-6-5-7-11-9(13)4-2/h3-5H,1-2,6-7H2,(H,10,12)(H,11,13). The molecular weight excluding hydrogens is 168 g/mol. The highest BCUT2D eigenvalue weighted by atomic mass is 16.2. The van der Waals surface area contributed by atoms with Gasteiger partial charge < -0.3 is 10.6 Å². The van der Waals surface area contributed by atoms with Crippen molar-refractivity contribution in [1.29, 1.82) is 0 Å². The SMILES string of the molecule is C=CC(=O)NC[CH]CNC(=O)C=C. The third-order valence-corrected chi connectivity index (χ3v) is 1.21. The molecule has 71 valence electrons. The minimum Gasteiger partial charge on any atom is -0.352 e. The van der Waals surface area contributed by atoms with Crippen molar-refractivity contribution in [2.75, 3.05) is 13.1 Å². The lowest BCUT2D eigenvalue weighted by Crippen LogP contribution is -2.28. The molecular formula is C9H13N2O2. The summed E-state index contributed by atoms with van der Waals surface area (Å²) in [6, 6.07) is 0. The smallest absolute Gasteiger partial charge is 0.243 e. The quantitative estimate of drug-likeness (QED) is 0.440. The van der Waals surface area contributed by atoms with Crippen LogP contribution in [0.3, 0.4) is 0 Å². The molecule has 0 aromatic heterocycles. The van der Waals surface area contributed by atoms with Crippen LogP contribution in [-0.2, 0) is 9.59 Å². The molecule has 0 aromatic rings. The average Bonchev–Trinajstić information content (AvgIpc) is 2.16. The monoisotopic (exact) mass is 181 g/mol. The number of hydrogen-bond donors (Lipinski definition) is 2. The van der Waals surface area contributed by atoms with Gasteiger partial charge in [-0.1, -0.05) is 13.2 Å². The van der Waals surface area contributed by atoms with Crippen molar-refractivity contribution >= 4 is 11.8 Å². The Bertz CT molecular complexity index is 190. The Morgan fingerprint density at radius 1 is 1.00 bits per heavy atom. The van der Waals surface area contributed by atoms with Crippen molar-refractivity contribution in [1.82, 2.24) is 10.6 Å². The fraction of sp³-hybridized carbons (Fsp3) is 0.222. The van der Waals surface area contributed by atoms with Crippen LogP contribution < -0.4 is 10.6 Å². The molecule has 0 aromatic carbocycles. The number of amides is 2. The number of hydrogen-bond acceptors (Lipinski definition) is 2. The Balaban J connectivity index is 3.26. The van der Waals surface area contributed by atoms with Crippen molar-refractivity contribution in [2.45, 2.75) is 0 Å². The average molecular weight is 181 g/mol. The molecule has 0 atom stereocenters. The van der Waals surface area contributed by atoms with Crippen LogP contribution in [0.25, 0.3) is 0 Å². The lowest BCUT2D eigenvalue weighted by Gasteiger charge is -2.02. The molecule has 13 heavy (non-hydrogen) atoms. The van der Waals surface area contributed by atoms with Gasteiger partial charge in [0.2, 0.25) is 11.8 Å². The van der Waals surface area contributed by atoms with E-state index in [1.807, 2.05) is 0 Å². The summed E-state index contributed by atoms with van der Waals surface area (Å²) in [6.45, 7) is 7.39. The van der Waals surface area contributed by atoms with Crippen LogP contribution in [0.4, 0.5) is 0 Å². The van der Waals surface area contributed by atoms with Gasteiger partial charge in [0, 0.05) is 13.1 Å². The highest BCUT2D eigenvalue weighted by Crippen LogP contribution is 1.74. The van der Waals surface area contributed by atoms with Crippen LogP contribution in [0, 0.1) is 6.42 Å². The summed E-state index contributed by atoms with van der Waals surface area (Å²) in [7, 11) is 0. The number of carbonyl (C=O) groups is 2. The molecule has 0 aliphatic heterocycles. The molecule has 4 heteroatoms. The van der Waals surface area contributed by atoms with Gasteiger partial charge in [-0.15, -0.1) is 0 Å². The van der Waals surface area contributed by atoms with E-state index in [0.29, 0.717) is 13.1 Å². The van der Waals surface area contributed by atoms with E-state index in [2.05, 4.69) is 23.8 Å². The second-order valence-electron chi connectivity index (χ2n) is 2.19. The first-order valence-electron chi connectivity index (χ1n) is 3.83. The minimum absolute atomic E-state index is 0.230. The molecule has 0 heterocycles. The zero-order chi connectivity index (χ0) is 10.1. The fourth-order valence-electron chi connectivity index (χ4n) is 0.562. The largest absolute Gasteiger partial charge is 0.352 e. The molecule has 4 nitrogen and oxygen atoms in total. The molecule has 0 fully saturated rings. The van der Waals surface area contributed by atoms with Gasteiger partial charge in [-0.2, -0.15) is 0 Å². The molecule has 0 saturated carbocycles. The zero-order valence-corrected chi connectivity index (χ0v) is 7.38. The van der Waals surface area contributed by atoms with Crippen LogP contribution in [0.2, 0.25) is 0 Å². The van der Waals surface area contributed by atoms with E-state index in [0.717, 1.165) is 0 Å². The van der Waals surface area contributed by atoms with Gasteiger partial charge in [0.1, 0.15) is 0 Å². The topological polar surface area (TPSA) is 58.2 Å². The van der Waals surface area contributed by atoms with Gasteiger partial charge in [0.05, 0.1) is 0 Å².